The summed E-state index contributed by atoms with van der Waals surface area (Å²) in [5, 5.41) is 9.42. The molecule has 3 atom stereocenters. The molecule has 0 saturated carbocycles. The Morgan fingerprint density at radius 3 is 2.67 bits per heavy atom. The van der Waals surface area contributed by atoms with Crippen LogP contribution in [0.2, 0.25) is 0 Å². The normalized spacial score (nSPS) is 25.0. The quantitative estimate of drug-likeness (QED) is 0.502. The fourth-order valence-corrected chi connectivity index (χ4v) is 4.75. The molecular weight excluding hydrogens is 462 g/mol. The average molecular weight is 498 g/mol. The number of hydrogen-bond acceptors (Lipinski definition) is 5. The first-order valence-electron chi connectivity index (χ1n) is 12.7. The zero-order chi connectivity index (χ0) is 25.5. The molecule has 2 aliphatic heterocycles. The first-order valence-corrected chi connectivity index (χ1v) is 12.7. The summed E-state index contributed by atoms with van der Waals surface area (Å²) in [6, 6.07) is 6.16. The van der Waals surface area contributed by atoms with Crippen molar-refractivity contribution >= 4 is 34.5 Å². The summed E-state index contributed by atoms with van der Waals surface area (Å²) in [6.07, 6.45) is 4.51. The highest BCUT2D eigenvalue weighted by atomic mass is 16.5. The first kappa shape index (κ1) is 25.7. The van der Waals surface area contributed by atoms with E-state index in [1.54, 1.807) is 11.8 Å². The van der Waals surface area contributed by atoms with Gasteiger partial charge < -0.3 is 30.6 Å². The zero-order valence-electron chi connectivity index (χ0n) is 20.7. The third-order valence-corrected chi connectivity index (χ3v) is 6.76. The van der Waals surface area contributed by atoms with Gasteiger partial charge in [-0.15, -0.1) is 0 Å². The number of nitrogens with zero attached hydrogens (tertiary/aromatic N) is 1. The molecule has 36 heavy (non-hydrogen) atoms. The number of carbonyl (C=O) groups excluding carboxylic acids is 4. The Kier molecular flexibility index (Phi) is 8.58. The van der Waals surface area contributed by atoms with Crippen molar-refractivity contribution in [1.82, 2.24) is 25.8 Å². The Morgan fingerprint density at radius 2 is 1.86 bits per heavy atom. The van der Waals surface area contributed by atoms with Crippen molar-refractivity contribution < 1.29 is 23.9 Å². The van der Waals surface area contributed by atoms with E-state index in [9.17, 15) is 19.2 Å². The van der Waals surface area contributed by atoms with Gasteiger partial charge in [-0.2, -0.15) is 0 Å². The fourth-order valence-electron chi connectivity index (χ4n) is 4.75. The molecule has 0 aliphatic carbocycles. The second-order valence-corrected chi connectivity index (χ2v) is 9.49. The van der Waals surface area contributed by atoms with Gasteiger partial charge in [0.2, 0.25) is 17.7 Å². The third kappa shape index (κ3) is 6.42. The minimum Gasteiger partial charge on any atom is -0.368 e. The number of H-pyrrole nitrogens is 1. The third-order valence-electron chi connectivity index (χ3n) is 6.76. The monoisotopic (exact) mass is 497 g/mol. The maximum absolute atomic E-state index is 13.1. The fraction of sp³-hybridized carbons (Fsp3) is 0.538. The Bertz CT molecular complexity index is 1090. The molecule has 4 N–H and O–H groups in total. The molecule has 2 fully saturated rings. The number of aromatic amines is 1. The molecule has 1 aromatic carbocycles. The van der Waals surface area contributed by atoms with Crippen LogP contribution in [0, 0.1) is 0 Å². The Balaban J connectivity index is 1.47. The van der Waals surface area contributed by atoms with Gasteiger partial charge in [-0.05, 0) is 44.2 Å². The predicted molar refractivity (Wildman–Crippen MR) is 134 cm³/mol. The number of para-hydroxylation sites is 1. The average Bonchev–Trinajstić information content (AvgIpc) is 3.54. The van der Waals surface area contributed by atoms with Gasteiger partial charge in [0.15, 0.2) is 0 Å². The van der Waals surface area contributed by atoms with Crippen molar-refractivity contribution in [2.75, 3.05) is 26.2 Å². The van der Waals surface area contributed by atoms with Crippen molar-refractivity contribution in [3.8, 4) is 0 Å². The number of ether oxygens (including phenoxy) is 1. The maximum Gasteiger partial charge on any atom is 0.251 e. The summed E-state index contributed by atoms with van der Waals surface area (Å²) in [6.45, 7) is 3.42. The molecule has 4 amide bonds. The van der Waals surface area contributed by atoms with E-state index in [4.69, 9.17) is 4.74 Å². The lowest BCUT2D eigenvalue weighted by atomic mass is 10.0. The lowest BCUT2D eigenvalue weighted by Crippen LogP contribution is -2.53. The lowest BCUT2D eigenvalue weighted by molar-refractivity contribution is -0.141. The first-order chi connectivity index (χ1) is 17.4. The zero-order valence-corrected chi connectivity index (χ0v) is 20.7. The molecule has 2 aliphatic rings. The molecule has 10 heteroatoms. The van der Waals surface area contributed by atoms with Crippen molar-refractivity contribution in [3.05, 3.63) is 36.0 Å². The molecule has 2 saturated heterocycles. The van der Waals surface area contributed by atoms with E-state index < -0.39 is 24.1 Å². The molecule has 0 unspecified atom stereocenters. The van der Waals surface area contributed by atoms with E-state index in [0.29, 0.717) is 51.9 Å². The number of amides is 4. The van der Waals surface area contributed by atoms with Crippen molar-refractivity contribution in [2.45, 2.75) is 63.6 Å². The van der Waals surface area contributed by atoms with Crippen LogP contribution in [-0.4, -0.2) is 77.9 Å². The highest BCUT2D eigenvalue weighted by molar-refractivity contribution is 5.92. The molecule has 3 heterocycles. The molecule has 2 aromatic rings. The van der Waals surface area contributed by atoms with Crippen LogP contribution in [0.4, 0.5) is 0 Å². The summed E-state index contributed by atoms with van der Waals surface area (Å²) in [7, 11) is 0. The van der Waals surface area contributed by atoms with Gasteiger partial charge in [0.25, 0.3) is 5.91 Å². The summed E-state index contributed by atoms with van der Waals surface area (Å²) in [4.78, 5) is 56.3. The summed E-state index contributed by atoms with van der Waals surface area (Å²) >= 11 is 0. The second kappa shape index (κ2) is 12.0. The van der Waals surface area contributed by atoms with Crippen LogP contribution in [0.15, 0.2) is 30.5 Å². The number of hydrogen-bond donors (Lipinski definition) is 4. The van der Waals surface area contributed by atoms with E-state index in [-0.39, 0.29) is 24.1 Å². The predicted octanol–water partition coefficient (Wildman–Crippen LogP) is 1.01. The van der Waals surface area contributed by atoms with Gasteiger partial charge >= 0.3 is 0 Å². The number of fused-ring (bicyclic) bond motifs is 1. The molecule has 0 bridgehead atoms. The number of nitrogens with one attached hydrogen (secondary N) is 4. The Morgan fingerprint density at radius 1 is 1.06 bits per heavy atom. The smallest absolute Gasteiger partial charge is 0.251 e. The van der Waals surface area contributed by atoms with Gasteiger partial charge in [-0.25, -0.2) is 0 Å². The van der Waals surface area contributed by atoms with Crippen LogP contribution in [0.5, 0.6) is 0 Å². The van der Waals surface area contributed by atoms with Gasteiger partial charge in [0, 0.05) is 56.2 Å². The highest BCUT2D eigenvalue weighted by Gasteiger charge is 2.29. The van der Waals surface area contributed by atoms with E-state index in [0.717, 1.165) is 22.9 Å². The van der Waals surface area contributed by atoms with Crippen LogP contribution >= 0.6 is 0 Å². The molecule has 0 radical (unpaired) electrons. The van der Waals surface area contributed by atoms with E-state index >= 15 is 0 Å². The lowest BCUT2D eigenvalue weighted by Gasteiger charge is -2.25. The van der Waals surface area contributed by atoms with Gasteiger partial charge in [-0.1, -0.05) is 18.2 Å². The van der Waals surface area contributed by atoms with Crippen molar-refractivity contribution in [1.29, 1.82) is 0 Å². The van der Waals surface area contributed by atoms with Crippen LogP contribution in [-0.2, 0) is 30.3 Å². The molecule has 10 nitrogen and oxygen atoms in total. The summed E-state index contributed by atoms with van der Waals surface area (Å²) < 4.78 is 5.56. The number of benzene rings is 1. The van der Waals surface area contributed by atoms with Gasteiger partial charge in [0.05, 0.1) is 0 Å². The van der Waals surface area contributed by atoms with Crippen LogP contribution in [0.25, 0.3) is 10.9 Å². The summed E-state index contributed by atoms with van der Waals surface area (Å²) in [5.74, 6) is -1.06. The van der Waals surface area contributed by atoms with Crippen LogP contribution in [0.3, 0.4) is 0 Å². The topological polar surface area (TPSA) is 133 Å². The van der Waals surface area contributed by atoms with E-state index in [2.05, 4.69) is 20.9 Å². The SMILES string of the molecule is C[C@@H]1NC(=O)CCCN(C(=O)[C@@H]2CCCO2)CCCNC(=O)[C@@H](Cc2c[nH]c3ccccc23)NC1=O. The maximum atomic E-state index is 13.1. The molecule has 0 spiro atoms. The molecule has 4 rings (SSSR count). The Labute approximate surface area is 210 Å². The number of rotatable bonds is 3. The highest BCUT2D eigenvalue weighted by Crippen LogP contribution is 2.19. The van der Waals surface area contributed by atoms with Gasteiger partial charge in [-0.3, -0.25) is 19.2 Å². The van der Waals surface area contributed by atoms with Crippen molar-refractivity contribution in [3.63, 3.8) is 0 Å². The van der Waals surface area contributed by atoms with E-state index in [1.807, 2.05) is 30.5 Å². The van der Waals surface area contributed by atoms with E-state index in [1.165, 1.54) is 0 Å². The second-order valence-electron chi connectivity index (χ2n) is 9.49. The van der Waals surface area contributed by atoms with Crippen molar-refractivity contribution in [2.24, 2.45) is 0 Å². The van der Waals surface area contributed by atoms with Crippen LogP contribution < -0.4 is 16.0 Å². The number of carbonyl (C=O) groups is 4. The standard InChI is InChI=1S/C26H35N5O5/c1-17-24(33)30-21(15-18-16-28-20-8-3-2-7-19(18)20)25(34)27-11-6-13-31(12-4-10-23(32)29-17)26(35)22-9-5-14-36-22/h2-3,7-8,16-17,21-22,28H,4-6,9-15H2,1H3,(H,27,34)(H,29,32)(H,30,33)/t17-,21+,22-/m0/s1. The minimum absolute atomic E-state index is 0.0639. The molecule has 194 valence electrons. The minimum atomic E-state index is -0.814. The van der Waals surface area contributed by atoms with Crippen LogP contribution in [0.1, 0.15) is 44.6 Å². The van der Waals surface area contributed by atoms with Gasteiger partial charge in [0.1, 0.15) is 18.2 Å². The Hall–Kier alpha value is -3.40. The largest absolute Gasteiger partial charge is 0.368 e. The molecule has 1 aromatic heterocycles. The number of aromatic nitrogens is 1. The summed E-state index contributed by atoms with van der Waals surface area (Å²) in [5.41, 5.74) is 1.86. The molecular formula is C26H35N5O5.